The van der Waals surface area contributed by atoms with Gasteiger partial charge in [-0.25, -0.2) is 14.2 Å². The number of nitrogens with zero attached hydrogens (tertiary/aromatic N) is 5. The quantitative estimate of drug-likeness (QED) is 0.177. The van der Waals surface area contributed by atoms with Crippen LogP contribution in [0.5, 0.6) is 0 Å². The van der Waals surface area contributed by atoms with Gasteiger partial charge in [0.1, 0.15) is 17.5 Å². The van der Waals surface area contributed by atoms with Gasteiger partial charge in [0.25, 0.3) is 6.47 Å². The summed E-state index contributed by atoms with van der Waals surface area (Å²) in [5, 5.41) is 8.74. The van der Waals surface area contributed by atoms with Crippen LogP contribution in [0, 0.1) is 17.3 Å². The lowest BCUT2D eigenvalue weighted by molar-refractivity contribution is -0.126. The summed E-state index contributed by atoms with van der Waals surface area (Å²) in [7, 11) is 1.31. The highest BCUT2D eigenvalue weighted by Gasteiger charge is 2.34. The Morgan fingerprint density at radius 2 is 1.86 bits per heavy atom. The third-order valence-electron chi connectivity index (χ3n) is 4.70. The molecule has 2 aromatic rings. The molecule has 2 unspecified atom stereocenters. The van der Waals surface area contributed by atoms with Crippen molar-refractivity contribution in [2.24, 2.45) is 4.99 Å². The number of rotatable bonds is 5. The number of methoxy groups -OCH3 is 1. The van der Waals surface area contributed by atoms with Gasteiger partial charge in [0.2, 0.25) is 5.95 Å². The zero-order valence-electron chi connectivity index (χ0n) is 26.4. The lowest BCUT2D eigenvalue weighted by Gasteiger charge is -2.30. The Hall–Kier alpha value is -3.57. The SMILES string of the molecule is CC.CC1CC(c2cc(/C=C(\F)c3ccc(C#N)cn3)cnc2F)N=C(N(SF)C(=O)OC(C)(C)C)S1.CCC.COC=O. The Morgan fingerprint density at radius 1 is 1.25 bits per heavy atom. The molecular formula is C30H40F3N5O4S2. The second-order valence-corrected chi connectivity index (χ2v) is 11.6. The summed E-state index contributed by atoms with van der Waals surface area (Å²) in [5.41, 5.74) is -0.211. The average molecular weight is 656 g/mol. The number of nitriles is 1. The Kier molecular flexibility index (Phi) is 19.5. The Morgan fingerprint density at radius 3 is 2.34 bits per heavy atom. The summed E-state index contributed by atoms with van der Waals surface area (Å²) in [5.74, 6) is -1.50. The lowest BCUT2D eigenvalue weighted by atomic mass is 10.0. The van der Waals surface area contributed by atoms with E-state index < -0.39 is 29.5 Å². The number of amides is 1. The minimum absolute atomic E-state index is 0.00541. The predicted molar refractivity (Wildman–Crippen MR) is 171 cm³/mol. The highest BCUT2D eigenvalue weighted by atomic mass is 32.2. The number of hydrogen-bond acceptors (Lipinski definition) is 10. The Balaban J connectivity index is 0.00000183. The van der Waals surface area contributed by atoms with Crippen LogP contribution in [-0.2, 0) is 14.3 Å². The zero-order chi connectivity index (χ0) is 33.9. The van der Waals surface area contributed by atoms with Crippen molar-refractivity contribution in [1.29, 1.82) is 5.26 Å². The van der Waals surface area contributed by atoms with Crippen molar-refractivity contribution < 1.29 is 31.7 Å². The average Bonchev–Trinajstić information content (AvgIpc) is 2.99. The molecule has 0 aromatic carbocycles. The topological polar surface area (TPSA) is 118 Å². The summed E-state index contributed by atoms with van der Waals surface area (Å²) in [6.07, 6.45) is 4.25. The van der Waals surface area contributed by atoms with E-state index in [9.17, 15) is 17.5 Å². The molecular weight excluding hydrogens is 615 g/mol. The van der Waals surface area contributed by atoms with E-state index in [-0.39, 0.29) is 45.1 Å². The first-order valence-corrected chi connectivity index (χ1v) is 15.3. The van der Waals surface area contributed by atoms with E-state index in [0.29, 0.717) is 17.2 Å². The lowest BCUT2D eigenvalue weighted by Crippen LogP contribution is -2.36. The van der Waals surface area contributed by atoms with E-state index in [1.807, 2.05) is 26.8 Å². The van der Waals surface area contributed by atoms with Crippen molar-refractivity contribution in [2.75, 3.05) is 7.11 Å². The van der Waals surface area contributed by atoms with Crippen molar-refractivity contribution in [1.82, 2.24) is 14.3 Å². The van der Waals surface area contributed by atoms with Crippen molar-refractivity contribution in [3.8, 4) is 6.07 Å². The minimum Gasteiger partial charge on any atom is -0.471 e. The zero-order valence-corrected chi connectivity index (χ0v) is 28.1. The molecule has 0 saturated heterocycles. The largest absolute Gasteiger partial charge is 0.471 e. The van der Waals surface area contributed by atoms with Gasteiger partial charge in [0.05, 0.1) is 24.4 Å². The second-order valence-electron chi connectivity index (χ2n) is 9.66. The molecule has 44 heavy (non-hydrogen) atoms. The van der Waals surface area contributed by atoms with Crippen LogP contribution in [0.4, 0.5) is 17.5 Å². The van der Waals surface area contributed by atoms with Gasteiger partial charge in [-0.3, -0.25) is 14.8 Å². The number of aromatic nitrogens is 2. The summed E-state index contributed by atoms with van der Waals surface area (Å²) >= 11 is 0.813. The molecule has 2 aromatic heterocycles. The van der Waals surface area contributed by atoms with Crippen molar-refractivity contribution >= 4 is 53.7 Å². The number of carbonyl (C=O) groups is 2. The van der Waals surface area contributed by atoms with Gasteiger partial charge in [-0.2, -0.15) is 14.0 Å². The van der Waals surface area contributed by atoms with Crippen molar-refractivity contribution in [3.63, 3.8) is 0 Å². The number of hydrogen-bond donors (Lipinski definition) is 0. The molecule has 0 fully saturated rings. The first-order chi connectivity index (χ1) is 20.8. The molecule has 0 spiro atoms. The molecule has 9 nitrogen and oxygen atoms in total. The molecule has 3 heterocycles. The van der Waals surface area contributed by atoms with Gasteiger partial charge in [0, 0.05) is 23.2 Å². The molecule has 0 radical (unpaired) electrons. The molecule has 0 aliphatic carbocycles. The smallest absolute Gasteiger partial charge is 0.428 e. The molecule has 0 saturated carbocycles. The van der Waals surface area contributed by atoms with Gasteiger partial charge >= 0.3 is 6.09 Å². The van der Waals surface area contributed by atoms with Gasteiger partial charge in [-0.05, 0) is 57.0 Å². The number of amidine groups is 1. The van der Waals surface area contributed by atoms with Gasteiger partial charge in [0.15, 0.2) is 17.5 Å². The number of halogens is 3. The van der Waals surface area contributed by atoms with Crippen molar-refractivity contribution in [3.05, 3.63) is 58.9 Å². The van der Waals surface area contributed by atoms with E-state index >= 15 is 0 Å². The van der Waals surface area contributed by atoms with Crippen LogP contribution >= 0.6 is 24.1 Å². The van der Waals surface area contributed by atoms with E-state index in [2.05, 4.69) is 33.5 Å². The first kappa shape index (κ1) is 40.4. The monoisotopic (exact) mass is 655 g/mol. The maximum Gasteiger partial charge on any atom is 0.428 e. The van der Waals surface area contributed by atoms with Crippen LogP contribution < -0.4 is 0 Å². The van der Waals surface area contributed by atoms with E-state index in [0.717, 1.165) is 24.0 Å². The van der Waals surface area contributed by atoms with E-state index in [1.54, 1.807) is 20.8 Å². The first-order valence-electron chi connectivity index (χ1n) is 13.8. The van der Waals surface area contributed by atoms with Crippen LogP contribution in [-0.4, -0.2) is 50.0 Å². The maximum atomic E-state index is 14.7. The van der Waals surface area contributed by atoms with Crippen LogP contribution in [0.1, 0.15) is 96.7 Å². The standard InChI is InChI=1S/C23H22F3N5O2S2.C3H8.C2H4O2.C2H6/c1-13-7-19(30-21(34-13)31(35-26)22(32)33-23(2,3)4)16-8-15(12-29-20(16)25)9-17(24)18-6-5-14(10-27)11-28-18;1-3-2;1-4-2-3;1-2/h5-6,8-9,11-13,19H,7H2,1-4H3;3H2,1-2H3;2H,1H3;1-2H3/b17-9-;;;. The molecule has 2 atom stereocenters. The Bertz CT molecular complexity index is 1280. The molecule has 1 aliphatic rings. The summed E-state index contributed by atoms with van der Waals surface area (Å²) in [4.78, 5) is 33.4. The fourth-order valence-electron chi connectivity index (χ4n) is 3.11. The molecule has 0 N–H and O–H groups in total. The van der Waals surface area contributed by atoms with Gasteiger partial charge in [-0.15, -0.1) is 3.89 Å². The summed E-state index contributed by atoms with van der Waals surface area (Å²) < 4.78 is 52.9. The Labute approximate surface area is 266 Å². The van der Waals surface area contributed by atoms with E-state index in [4.69, 9.17) is 14.8 Å². The highest BCUT2D eigenvalue weighted by molar-refractivity contribution is 8.15. The van der Waals surface area contributed by atoms with Gasteiger partial charge in [-0.1, -0.05) is 52.8 Å². The minimum atomic E-state index is -0.934. The fraction of sp³-hybridized carbons (Fsp3) is 0.467. The van der Waals surface area contributed by atoms with Crippen LogP contribution in [0.25, 0.3) is 11.9 Å². The van der Waals surface area contributed by atoms with Crippen LogP contribution in [0.15, 0.2) is 35.6 Å². The normalized spacial score (nSPS) is 15.7. The number of ether oxygens (including phenoxy) is 2. The maximum absolute atomic E-state index is 14.7. The predicted octanol–water partition coefficient (Wildman–Crippen LogP) is 8.88. The molecule has 0 bridgehead atoms. The van der Waals surface area contributed by atoms with Gasteiger partial charge < -0.3 is 9.47 Å². The number of pyridine rings is 2. The molecule has 14 heteroatoms. The molecule has 242 valence electrons. The third kappa shape index (κ3) is 14.3. The van der Waals surface area contributed by atoms with Crippen LogP contribution in [0.3, 0.4) is 0 Å². The fourth-order valence-corrected chi connectivity index (χ4v) is 4.52. The third-order valence-corrected chi connectivity index (χ3v) is 6.37. The van der Waals surface area contributed by atoms with Crippen LogP contribution in [0.2, 0.25) is 0 Å². The number of carbonyl (C=O) groups excluding carboxylic acids is 2. The molecule has 1 aliphatic heterocycles. The highest BCUT2D eigenvalue weighted by Crippen LogP contribution is 2.38. The number of aliphatic imine (C=N–C) groups is 1. The number of thioether (sulfide) groups is 1. The van der Waals surface area contributed by atoms with E-state index in [1.165, 1.54) is 37.9 Å². The summed E-state index contributed by atoms with van der Waals surface area (Å²) in [6.45, 7) is 15.4. The molecule has 3 rings (SSSR count). The molecule has 1 amide bonds. The summed E-state index contributed by atoms with van der Waals surface area (Å²) in [6, 6.07) is 5.31. The van der Waals surface area contributed by atoms with Crippen molar-refractivity contribution in [2.45, 2.75) is 85.1 Å². The second kappa shape index (κ2) is 21.2.